The first kappa shape index (κ1) is 25.7. The molecule has 1 spiro atoms. The highest BCUT2D eigenvalue weighted by Gasteiger charge is 2.52. The highest BCUT2D eigenvalue weighted by Crippen LogP contribution is 2.29. The standard InChI is InChI=1S/C27H32N4O7/c32-24(37-15-20-6-2-1-3-7-20)28-10-11-36-23-9-5-4-8-22(23)16-35-14-21-12-30(13-21)26(34)31-17-27(18-31)19-38-25(33)29-27/h1-9,21H,10-19H2,(H,28,32)(H,29,33). The molecule has 0 unspecified atom stereocenters. The highest BCUT2D eigenvalue weighted by molar-refractivity contribution is 5.78. The first-order chi connectivity index (χ1) is 18.5. The minimum atomic E-state index is -0.491. The molecule has 202 valence electrons. The Labute approximate surface area is 221 Å². The van der Waals surface area contributed by atoms with Crippen molar-refractivity contribution in [1.82, 2.24) is 20.4 Å². The molecule has 3 saturated heterocycles. The number of nitrogens with one attached hydrogen (secondary N) is 2. The predicted molar refractivity (Wildman–Crippen MR) is 135 cm³/mol. The van der Waals surface area contributed by atoms with Gasteiger partial charge in [-0.2, -0.15) is 0 Å². The Morgan fingerprint density at radius 2 is 1.79 bits per heavy atom. The molecule has 0 bridgehead atoms. The number of amides is 4. The van der Waals surface area contributed by atoms with Crippen molar-refractivity contribution in [1.29, 1.82) is 0 Å². The number of likely N-dealkylation sites (tertiary alicyclic amines) is 2. The number of hydrogen-bond acceptors (Lipinski definition) is 7. The zero-order valence-electron chi connectivity index (χ0n) is 21.1. The van der Waals surface area contributed by atoms with Crippen molar-refractivity contribution in [3.8, 4) is 5.75 Å². The number of hydrogen-bond donors (Lipinski definition) is 2. The van der Waals surface area contributed by atoms with E-state index in [4.69, 9.17) is 18.9 Å². The molecule has 3 aliphatic heterocycles. The summed E-state index contributed by atoms with van der Waals surface area (Å²) in [5.74, 6) is 0.981. The van der Waals surface area contributed by atoms with Crippen molar-refractivity contribution in [2.75, 3.05) is 52.5 Å². The summed E-state index contributed by atoms with van der Waals surface area (Å²) in [6.45, 7) is 4.33. The Kier molecular flexibility index (Phi) is 7.83. The van der Waals surface area contributed by atoms with E-state index in [1.807, 2.05) is 54.6 Å². The third kappa shape index (κ3) is 6.28. The number of rotatable bonds is 10. The van der Waals surface area contributed by atoms with E-state index in [-0.39, 0.29) is 18.6 Å². The van der Waals surface area contributed by atoms with Crippen LogP contribution in [0.25, 0.3) is 0 Å². The molecule has 5 rings (SSSR count). The highest BCUT2D eigenvalue weighted by atomic mass is 16.6. The van der Waals surface area contributed by atoms with Crippen molar-refractivity contribution in [3.05, 3.63) is 65.7 Å². The van der Waals surface area contributed by atoms with Gasteiger partial charge in [-0.3, -0.25) is 0 Å². The number of ether oxygens (including phenoxy) is 4. The van der Waals surface area contributed by atoms with Gasteiger partial charge in [0.05, 0.1) is 32.8 Å². The van der Waals surface area contributed by atoms with Crippen molar-refractivity contribution < 1.29 is 33.3 Å². The summed E-state index contributed by atoms with van der Waals surface area (Å²) in [7, 11) is 0. The van der Waals surface area contributed by atoms with Gasteiger partial charge in [0.15, 0.2) is 0 Å². The molecule has 4 amide bonds. The van der Waals surface area contributed by atoms with Crippen LogP contribution in [0.4, 0.5) is 14.4 Å². The van der Waals surface area contributed by atoms with Gasteiger partial charge in [-0.15, -0.1) is 0 Å². The van der Waals surface area contributed by atoms with Crippen molar-refractivity contribution in [2.45, 2.75) is 18.8 Å². The Morgan fingerprint density at radius 3 is 2.55 bits per heavy atom. The fourth-order valence-electron chi connectivity index (χ4n) is 4.70. The molecular formula is C27H32N4O7. The van der Waals surface area contributed by atoms with Crippen LogP contribution in [0.2, 0.25) is 0 Å². The van der Waals surface area contributed by atoms with Crippen LogP contribution in [0.5, 0.6) is 5.75 Å². The summed E-state index contributed by atoms with van der Waals surface area (Å²) in [4.78, 5) is 39.3. The van der Waals surface area contributed by atoms with E-state index >= 15 is 0 Å². The Balaban J connectivity index is 0.949. The first-order valence-corrected chi connectivity index (χ1v) is 12.7. The van der Waals surface area contributed by atoms with E-state index in [0.29, 0.717) is 64.9 Å². The number of carbonyl (C=O) groups is 3. The molecule has 2 aromatic rings. The van der Waals surface area contributed by atoms with Gasteiger partial charge in [0.25, 0.3) is 0 Å². The molecule has 2 aromatic carbocycles. The fourth-order valence-corrected chi connectivity index (χ4v) is 4.70. The number of cyclic esters (lactones) is 1. The van der Waals surface area contributed by atoms with Crippen LogP contribution in [0.1, 0.15) is 11.1 Å². The normalized spacial score (nSPS) is 17.7. The summed E-state index contributed by atoms with van der Waals surface area (Å²) >= 11 is 0. The van der Waals surface area contributed by atoms with Gasteiger partial charge >= 0.3 is 18.2 Å². The van der Waals surface area contributed by atoms with E-state index in [2.05, 4.69) is 10.6 Å². The predicted octanol–water partition coefficient (Wildman–Crippen LogP) is 2.35. The maximum atomic E-state index is 12.6. The zero-order chi connectivity index (χ0) is 26.4. The molecule has 11 nitrogen and oxygen atoms in total. The Morgan fingerprint density at radius 1 is 1.03 bits per heavy atom. The van der Waals surface area contributed by atoms with Gasteiger partial charge in [-0.25, -0.2) is 14.4 Å². The maximum Gasteiger partial charge on any atom is 0.407 e. The van der Waals surface area contributed by atoms with Gasteiger partial charge in [-0.1, -0.05) is 48.5 Å². The van der Waals surface area contributed by atoms with E-state index in [9.17, 15) is 14.4 Å². The van der Waals surface area contributed by atoms with Crippen LogP contribution in [0.15, 0.2) is 54.6 Å². The Hall–Kier alpha value is -3.99. The van der Waals surface area contributed by atoms with E-state index in [1.165, 1.54) is 0 Å². The topological polar surface area (TPSA) is 119 Å². The monoisotopic (exact) mass is 524 g/mol. The SMILES string of the molecule is O=C(NCCOc1ccccc1COCC1CN(C(=O)N2CC3(COC(=O)N3)C2)C1)OCc1ccccc1. The van der Waals surface area contributed by atoms with Crippen molar-refractivity contribution in [2.24, 2.45) is 5.92 Å². The molecule has 3 aliphatic rings. The number of alkyl carbamates (subject to hydrolysis) is 2. The zero-order valence-corrected chi connectivity index (χ0v) is 21.1. The van der Waals surface area contributed by atoms with E-state index < -0.39 is 17.7 Å². The average Bonchev–Trinajstić information content (AvgIpc) is 3.29. The third-order valence-corrected chi connectivity index (χ3v) is 6.76. The van der Waals surface area contributed by atoms with Gasteiger partial charge in [-0.05, 0) is 11.6 Å². The second-order valence-electron chi connectivity index (χ2n) is 9.85. The van der Waals surface area contributed by atoms with Crippen LogP contribution in [-0.2, 0) is 27.4 Å². The molecule has 2 N–H and O–H groups in total. The summed E-state index contributed by atoms with van der Waals surface area (Å²) in [5, 5.41) is 5.47. The fraction of sp³-hybridized carbons (Fsp3) is 0.444. The number of carbonyl (C=O) groups excluding carboxylic acids is 3. The average molecular weight is 525 g/mol. The lowest BCUT2D eigenvalue weighted by Crippen LogP contribution is -2.72. The minimum Gasteiger partial charge on any atom is -0.491 e. The Bertz CT molecular complexity index is 1130. The molecule has 0 aromatic heterocycles. The van der Waals surface area contributed by atoms with Gasteiger partial charge in [0.1, 0.15) is 31.1 Å². The van der Waals surface area contributed by atoms with E-state index in [0.717, 1.165) is 11.1 Å². The van der Waals surface area contributed by atoms with Crippen molar-refractivity contribution in [3.63, 3.8) is 0 Å². The number of benzene rings is 2. The third-order valence-electron chi connectivity index (χ3n) is 6.76. The van der Waals surface area contributed by atoms with E-state index in [1.54, 1.807) is 9.80 Å². The first-order valence-electron chi connectivity index (χ1n) is 12.7. The molecular weight excluding hydrogens is 492 g/mol. The molecule has 0 aliphatic carbocycles. The number of urea groups is 1. The smallest absolute Gasteiger partial charge is 0.407 e. The van der Waals surface area contributed by atoms with Crippen LogP contribution in [-0.4, -0.2) is 86.1 Å². The summed E-state index contributed by atoms with van der Waals surface area (Å²) < 4.78 is 21.9. The van der Waals surface area contributed by atoms with Crippen LogP contribution < -0.4 is 15.4 Å². The molecule has 0 saturated carbocycles. The molecule has 3 fully saturated rings. The van der Waals surface area contributed by atoms with Crippen molar-refractivity contribution >= 4 is 18.2 Å². The second kappa shape index (κ2) is 11.6. The van der Waals surface area contributed by atoms with Crippen LogP contribution >= 0.6 is 0 Å². The van der Waals surface area contributed by atoms with Gasteiger partial charge in [0.2, 0.25) is 0 Å². The van der Waals surface area contributed by atoms with Gasteiger partial charge < -0.3 is 39.4 Å². The lowest BCUT2D eigenvalue weighted by atomic mass is 9.91. The molecule has 11 heteroatoms. The van der Waals surface area contributed by atoms with Crippen LogP contribution in [0, 0.1) is 5.92 Å². The van der Waals surface area contributed by atoms with Gasteiger partial charge in [0, 0.05) is 24.6 Å². The number of para-hydroxylation sites is 1. The summed E-state index contributed by atoms with van der Waals surface area (Å²) in [5.41, 5.74) is 1.43. The van der Waals surface area contributed by atoms with Crippen LogP contribution in [0.3, 0.4) is 0 Å². The lowest BCUT2D eigenvalue weighted by Gasteiger charge is -2.50. The maximum absolute atomic E-state index is 12.6. The lowest BCUT2D eigenvalue weighted by molar-refractivity contribution is -0.00134. The largest absolute Gasteiger partial charge is 0.491 e. The number of nitrogens with zero attached hydrogens (tertiary/aromatic N) is 2. The molecule has 0 radical (unpaired) electrons. The molecule has 38 heavy (non-hydrogen) atoms. The quantitative estimate of drug-likeness (QED) is 0.458. The second-order valence-corrected chi connectivity index (χ2v) is 9.85. The summed E-state index contributed by atoms with van der Waals surface area (Å²) in [6.07, 6.45) is -0.906. The summed E-state index contributed by atoms with van der Waals surface area (Å²) in [6, 6.07) is 17.1. The minimum absolute atomic E-state index is 0.00988. The molecule has 0 atom stereocenters. The molecule has 3 heterocycles.